The van der Waals surface area contributed by atoms with Gasteiger partial charge in [0.15, 0.2) is 11.0 Å². The molecule has 1 aromatic heterocycles. The van der Waals surface area contributed by atoms with E-state index in [0.29, 0.717) is 17.5 Å². The van der Waals surface area contributed by atoms with Gasteiger partial charge in [0.2, 0.25) is 5.91 Å². The lowest BCUT2D eigenvalue weighted by Crippen LogP contribution is -2.36. The molecule has 0 saturated carbocycles. The van der Waals surface area contributed by atoms with Crippen molar-refractivity contribution in [1.29, 1.82) is 0 Å². The Labute approximate surface area is 150 Å². The highest BCUT2D eigenvalue weighted by Crippen LogP contribution is 2.25. The van der Waals surface area contributed by atoms with Crippen LogP contribution in [0.4, 0.5) is 4.39 Å². The van der Waals surface area contributed by atoms with Gasteiger partial charge in [-0.25, -0.2) is 4.39 Å². The fraction of sp³-hybridized carbons (Fsp3) is 0.471. The summed E-state index contributed by atoms with van der Waals surface area (Å²) in [5, 5.41) is 11.6. The largest absolute Gasteiger partial charge is 0.376 e. The van der Waals surface area contributed by atoms with Crippen LogP contribution in [-0.4, -0.2) is 45.2 Å². The van der Waals surface area contributed by atoms with Crippen molar-refractivity contribution in [2.24, 2.45) is 7.05 Å². The minimum atomic E-state index is -0.301. The highest BCUT2D eigenvalue weighted by atomic mass is 32.2. The molecule has 1 amide bonds. The summed E-state index contributed by atoms with van der Waals surface area (Å²) in [5.41, 5.74) is 0.777. The number of hydrogen-bond acceptors (Lipinski definition) is 5. The summed E-state index contributed by atoms with van der Waals surface area (Å²) in [6.45, 7) is 3.15. The first-order valence-electron chi connectivity index (χ1n) is 8.26. The van der Waals surface area contributed by atoms with Crippen LogP contribution < -0.4 is 5.32 Å². The van der Waals surface area contributed by atoms with Gasteiger partial charge in [0.05, 0.1) is 11.4 Å². The normalized spacial score (nSPS) is 18.3. The Morgan fingerprint density at radius 2 is 2.20 bits per heavy atom. The lowest BCUT2D eigenvalue weighted by atomic mass is 10.2. The molecule has 0 spiro atoms. The molecule has 6 nitrogen and oxygen atoms in total. The van der Waals surface area contributed by atoms with Crippen LogP contribution in [0.15, 0.2) is 29.4 Å². The van der Waals surface area contributed by atoms with E-state index in [2.05, 4.69) is 15.5 Å². The molecule has 2 aromatic rings. The molecule has 0 aliphatic carbocycles. The van der Waals surface area contributed by atoms with Crippen LogP contribution in [0.5, 0.6) is 0 Å². The fourth-order valence-corrected chi connectivity index (χ4v) is 3.48. The molecule has 134 valence electrons. The van der Waals surface area contributed by atoms with E-state index in [1.165, 1.54) is 23.9 Å². The van der Waals surface area contributed by atoms with Gasteiger partial charge in [-0.3, -0.25) is 4.79 Å². The molecule has 0 bridgehead atoms. The number of nitrogens with zero attached hydrogens (tertiary/aromatic N) is 3. The summed E-state index contributed by atoms with van der Waals surface area (Å²) in [7, 11) is 1.83. The van der Waals surface area contributed by atoms with Gasteiger partial charge in [-0.05, 0) is 44.0 Å². The van der Waals surface area contributed by atoms with Crippen molar-refractivity contribution >= 4 is 17.7 Å². The first-order chi connectivity index (χ1) is 12.0. The standard InChI is InChI=1S/C17H21FN4O2S/c1-11(16(23)19-10-14-4-3-9-24-14)25-17-21-20-15(22(17)2)12-5-7-13(18)8-6-12/h5-8,11,14H,3-4,9-10H2,1-2H3,(H,19,23)/t11-,14+/m0/s1. The molecule has 1 fully saturated rings. The van der Waals surface area contributed by atoms with E-state index >= 15 is 0 Å². The molecular formula is C17H21FN4O2S. The summed E-state index contributed by atoms with van der Waals surface area (Å²) in [6, 6.07) is 6.09. The molecular weight excluding hydrogens is 343 g/mol. The summed E-state index contributed by atoms with van der Waals surface area (Å²) >= 11 is 1.34. The summed E-state index contributed by atoms with van der Waals surface area (Å²) in [4.78, 5) is 12.2. The Morgan fingerprint density at radius 3 is 2.88 bits per heavy atom. The maximum absolute atomic E-state index is 13.1. The molecule has 3 rings (SSSR count). The van der Waals surface area contributed by atoms with Gasteiger partial charge in [-0.15, -0.1) is 10.2 Å². The van der Waals surface area contributed by atoms with Crippen LogP contribution in [0.25, 0.3) is 11.4 Å². The first-order valence-corrected chi connectivity index (χ1v) is 9.14. The number of amides is 1. The average molecular weight is 364 g/mol. The number of hydrogen-bond donors (Lipinski definition) is 1. The Balaban J connectivity index is 1.60. The molecule has 1 saturated heterocycles. The number of halogens is 1. The zero-order valence-corrected chi connectivity index (χ0v) is 15.1. The first kappa shape index (κ1) is 17.9. The van der Waals surface area contributed by atoms with Crippen molar-refractivity contribution in [3.8, 4) is 11.4 Å². The van der Waals surface area contributed by atoms with Gasteiger partial charge in [0.1, 0.15) is 5.82 Å². The fourth-order valence-electron chi connectivity index (χ4n) is 2.64. The zero-order valence-electron chi connectivity index (χ0n) is 14.2. The Morgan fingerprint density at radius 1 is 1.44 bits per heavy atom. The van der Waals surface area contributed by atoms with Crippen LogP contribution in [0.1, 0.15) is 19.8 Å². The van der Waals surface area contributed by atoms with Crippen molar-refractivity contribution in [1.82, 2.24) is 20.1 Å². The topological polar surface area (TPSA) is 69.0 Å². The third kappa shape index (κ3) is 4.38. The number of nitrogens with one attached hydrogen (secondary N) is 1. The molecule has 1 aliphatic heterocycles. The van der Waals surface area contributed by atoms with E-state index < -0.39 is 0 Å². The van der Waals surface area contributed by atoms with Crippen molar-refractivity contribution in [2.75, 3.05) is 13.2 Å². The van der Waals surface area contributed by atoms with Gasteiger partial charge in [0, 0.05) is 25.8 Å². The monoisotopic (exact) mass is 364 g/mol. The minimum absolute atomic E-state index is 0.0492. The van der Waals surface area contributed by atoms with E-state index in [4.69, 9.17) is 4.74 Å². The highest BCUT2D eigenvalue weighted by Gasteiger charge is 2.21. The third-order valence-electron chi connectivity index (χ3n) is 4.12. The maximum Gasteiger partial charge on any atom is 0.233 e. The van der Waals surface area contributed by atoms with Gasteiger partial charge in [-0.1, -0.05) is 11.8 Å². The average Bonchev–Trinajstić information content (AvgIpc) is 3.24. The number of carbonyl (C=O) groups is 1. The lowest BCUT2D eigenvalue weighted by Gasteiger charge is -2.14. The lowest BCUT2D eigenvalue weighted by molar-refractivity contribution is -0.120. The van der Waals surface area contributed by atoms with Gasteiger partial charge in [-0.2, -0.15) is 0 Å². The smallest absolute Gasteiger partial charge is 0.233 e. The van der Waals surface area contributed by atoms with E-state index in [-0.39, 0.29) is 23.1 Å². The van der Waals surface area contributed by atoms with E-state index in [9.17, 15) is 9.18 Å². The van der Waals surface area contributed by atoms with Crippen LogP contribution in [-0.2, 0) is 16.6 Å². The van der Waals surface area contributed by atoms with Crippen molar-refractivity contribution < 1.29 is 13.9 Å². The predicted octanol–water partition coefficient (Wildman–Crippen LogP) is 2.40. The van der Waals surface area contributed by atoms with Crippen LogP contribution in [0.2, 0.25) is 0 Å². The highest BCUT2D eigenvalue weighted by molar-refractivity contribution is 8.00. The SMILES string of the molecule is C[C@H](Sc1nnc(-c2ccc(F)cc2)n1C)C(=O)NC[C@H]1CCCO1. The van der Waals surface area contributed by atoms with Crippen LogP contribution in [0.3, 0.4) is 0 Å². The molecule has 1 aromatic carbocycles. The number of ether oxygens (including phenoxy) is 1. The Hall–Kier alpha value is -1.93. The molecule has 2 heterocycles. The third-order valence-corrected chi connectivity index (χ3v) is 5.25. The number of benzene rings is 1. The van der Waals surface area contributed by atoms with Gasteiger partial charge >= 0.3 is 0 Å². The minimum Gasteiger partial charge on any atom is -0.376 e. The molecule has 1 aliphatic rings. The van der Waals surface area contributed by atoms with E-state index in [1.54, 1.807) is 12.1 Å². The second-order valence-corrected chi connectivity index (χ2v) is 7.32. The van der Waals surface area contributed by atoms with Crippen LogP contribution >= 0.6 is 11.8 Å². The van der Waals surface area contributed by atoms with Crippen molar-refractivity contribution in [3.05, 3.63) is 30.1 Å². The van der Waals surface area contributed by atoms with E-state index in [1.807, 2.05) is 18.5 Å². The molecule has 0 radical (unpaired) electrons. The van der Waals surface area contributed by atoms with Gasteiger partial charge in [0.25, 0.3) is 0 Å². The Bertz CT molecular complexity index is 729. The molecule has 0 unspecified atom stereocenters. The molecule has 2 atom stereocenters. The molecule has 1 N–H and O–H groups in total. The quantitative estimate of drug-likeness (QED) is 0.797. The van der Waals surface area contributed by atoms with Crippen LogP contribution in [0, 0.1) is 5.82 Å². The number of aromatic nitrogens is 3. The molecule has 25 heavy (non-hydrogen) atoms. The second-order valence-electron chi connectivity index (χ2n) is 6.01. The number of rotatable bonds is 6. The summed E-state index contributed by atoms with van der Waals surface area (Å²) < 4.78 is 20.4. The number of carbonyl (C=O) groups excluding carboxylic acids is 1. The molecule has 8 heteroatoms. The predicted molar refractivity (Wildman–Crippen MR) is 93.7 cm³/mol. The number of thioether (sulfide) groups is 1. The van der Waals surface area contributed by atoms with Crippen molar-refractivity contribution in [2.45, 2.75) is 36.3 Å². The van der Waals surface area contributed by atoms with E-state index in [0.717, 1.165) is 25.0 Å². The second kappa shape index (κ2) is 7.97. The van der Waals surface area contributed by atoms with Gasteiger partial charge < -0.3 is 14.6 Å². The maximum atomic E-state index is 13.1. The van der Waals surface area contributed by atoms with Crippen molar-refractivity contribution in [3.63, 3.8) is 0 Å². The Kier molecular flexibility index (Phi) is 5.70. The zero-order chi connectivity index (χ0) is 17.8. The summed E-state index contributed by atoms with van der Waals surface area (Å²) in [6.07, 6.45) is 2.17. The summed E-state index contributed by atoms with van der Waals surface area (Å²) in [5.74, 6) is 0.290.